The molecule has 0 aliphatic carbocycles. The van der Waals surface area contributed by atoms with Crippen molar-refractivity contribution in [2.45, 2.75) is 13.8 Å². The van der Waals surface area contributed by atoms with Crippen LogP contribution in [0.5, 0.6) is 17.4 Å². The molecule has 0 atom stereocenters. The van der Waals surface area contributed by atoms with Crippen LogP contribution in [-0.2, 0) is 21.1 Å². The Hall–Kier alpha value is -5.38. The van der Waals surface area contributed by atoms with Gasteiger partial charge in [-0.15, -0.1) is 11.6 Å². The first-order valence-corrected chi connectivity index (χ1v) is 15.1. The number of hydrogen-bond acceptors (Lipinski definition) is 5. The number of aromatic nitrogens is 3. The van der Waals surface area contributed by atoms with Gasteiger partial charge >= 0.3 is 0 Å². The molecule has 0 unspecified atom stereocenters. The number of aryl methyl sites for hydroxylation is 2. The van der Waals surface area contributed by atoms with E-state index in [-0.39, 0.29) is 26.8 Å². The van der Waals surface area contributed by atoms with E-state index in [4.69, 9.17) is 14.7 Å². The van der Waals surface area contributed by atoms with E-state index in [2.05, 4.69) is 73.4 Å². The predicted molar refractivity (Wildman–Crippen MR) is 183 cm³/mol. The van der Waals surface area contributed by atoms with Gasteiger partial charge in [-0.2, -0.15) is 0 Å². The second-order valence-electron chi connectivity index (χ2n) is 11.1. The SMILES string of the molecule is Cc1cccc(C)c1-c1cc(-c2ccccc2O)nc(-c2[c-]c(Oc3ccccn3)cc(-c3ccc(-c4ccccc4)cc3)c2)n1.[Pt]. The largest absolute Gasteiger partial charge is 0.507 e. The number of hydrogen-bond donors (Lipinski definition) is 1. The number of benzene rings is 5. The van der Waals surface area contributed by atoms with Crippen LogP contribution in [0.4, 0.5) is 0 Å². The Morgan fingerprint density at radius 1 is 0.596 bits per heavy atom. The molecule has 0 aliphatic heterocycles. The zero-order valence-electron chi connectivity index (χ0n) is 25.8. The van der Waals surface area contributed by atoms with E-state index >= 15 is 0 Å². The molecule has 0 saturated carbocycles. The molecule has 0 saturated heterocycles. The molecule has 5 aromatic carbocycles. The van der Waals surface area contributed by atoms with E-state index in [0.717, 1.165) is 44.6 Å². The minimum absolute atomic E-state index is 0. The predicted octanol–water partition coefficient (Wildman–Crippen LogP) is 10.1. The van der Waals surface area contributed by atoms with Crippen molar-refractivity contribution in [1.82, 2.24) is 15.0 Å². The quantitative estimate of drug-likeness (QED) is 0.163. The van der Waals surface area contributed by atoms with Crippen molar-refractivity contribution in [1.29, 1.82) is 0 Å². The standard InChI is InChI=1S/C41H30N3O2.Pt/c1-27-11-10-12-28(2)40(27)37-26-36(35-15-6-7-16-38(35)45)43-41(44-37)33-23-32(24-34(25-33)46-39-17-8-9-22-42-39)31-20-18-30(19-21-31)29-13-4-3-5-14-29;/h3-24,26,45H,1-2H3;/q-1;. The zero-order chi connectivity index (χ0) is 31.5. The first-order valence-electron chi connectivity index (χ1n) is 15.1. The van der Waals surface area contributed by atoms with Crippen LogP contribution in [-0.4, -0.2) is 20.1 Å². The number of para-hydroxylation sites is 1. The summed E-state index contributed by atoms with van der Waals surface area (Å²) in [5.74, 6) is 1.56. The monoisotopic (exact) mass is 791 g/mol. The fraction of sp³-hybridized carbons (Fsp3) is 0.0488. The minimum Gasteiger partial charge on any atom is -0.507 e. The third-order valence-electron chi connectivity index (χ3n) is 7.91. The van der Waals surface area contributed by atoms with E-state index in [9.17, 15) is 5.11 Å². The first kappa shape index (κ1) is 31.6. The van der Waals surface area contributed by atoms with Crippen molar-refractivity contribution >= 4 is 0 Å². The summed E-state index contributed by atoms with van der Waals surface area (Å²) < 4.78 is 6.22. The minimum atomic E-state index is 0. The zero-order valence-corrected chi connectivity index (χ0v) is 28.1. The van der Waals surface area contributed by atoms with E-state index in [1.165, 1.54) is 0 Å². The van der Waals surface area contributed by atoms with Crippen LogP contribution in [0.15, 0.2) is 140 Å². The summed E-state index contributed by atoms with van der Waals surface area (Å²) in [6, 6.07) is 47.0. The van der Waals surface area contributed by atoms with Crippen LogP contribution in [0.2, 0.25) is 0 Å². The van der Waals surface area contributed by atoms with Gasteiger partial charge in [-0.3, -0.25) is 9.97 Å². The molecule has 7 aromatic rings. The van der Waals surface area contributed by atoms with E-state index in [1.807, 2.05) is 72.8 Å². The molecule has 0 spiro atoms. The fourth-order valence-corrected chi connectivity index (χ4v) is 5.63. The second kappa shape index (κ2) is 13.9. The Kier molecular flexibility index (Phi) is 9.37. The van der Waals surface area contributed by atoms with Gasteiger partial charge in [-0.05, 0) is 65.9 Å². The molecule has 2 heterocycles. The maximum absolute atomic E-state index is 10.8. The van der Waals surface area contributed by atoms with Gasteiger partial charge in [0.05, 0.1) is 17.2 Å². The third-order valence-corrected chi connectivity index (χ3v) is 7.91. The molecule has 1 N–H and O–H groups in total. The molecule has 47 heavy (non-hydrogen) atoms. The fourth-order valence-electron chi connectivity index (χ4n) is 5.63. The molecule has 2 aromatic heterocycles. The van der Waals surface area contributed by atoms with E-state index in [0.29, 0.717) is 34.3 Å². The Bertz CT molecular complexity index is 2130. The first-order chi connectivity index (χ1) is 22.5. The van der Waals surface area contributed by atoms with Gasteiger partial charge in [-0.1, -0.05) is 109 Å². The van der Waals surface area contributed by atoms with E-state index < -0.39 is 0 Å². The summed E-state index contributed by atoms with van der Waals surface area (Å²) >= 11 is 0. The summed E-state index contributed by atoms with van der Waals surface area (Å²) in [6.45, 7) is 4.16. The van der Waals surface area contributed by atoms with Crippen LogP contribution >= 0.6 is 0 Å². The third kappa shape index (κ3) is 6.91. The summed E-state index contributed by atoms with van der Waals surface area (Å²) in [6.07, 6.45) is 1.69. The molecule has 0 aliphatic rings. The van der Waals surface area contributed by atoms with Crippen molar-refractivity contribution in [2.24, 2.45) is 0 Å². The summed E-state index contributed by atoms with van der Waals surface area (Å²) in [4.78, 5) is 14.4. The molecular weight excluding hydrogens is 762 g/mol. The number of phenolic OH excluding ortho intramolecular Hbond substituents is 1. The van der Waals surface area contributed by atoms with Crippen LogP contribution in [0.25, 0.3) is 56.2 Å². The summed E-state index contributed by atoms with van der Waals surface area (Å²) in [5.41, 5.74) is 10.1. The van der Waals surface area contributed by atoms with Crippen LogP contribution in [0, 0.1) is 19.9 Å². The number of nitrogens with zero attached hydrogens (tertiary/aromatic N) is 3. The van der Waals surface area contributed by atoms with Crippen molar-refractivity contribution in [3.63, 3.8) is 0 Å². The van der Waals surface area contributed by atoms with Gasteiger partial charge in [0.25, 0.3) is 0 Å². The average Bonchev–Trinajstić information content (AvgIpc) is 3.09. The van der Waals surface area contributed by atoms with Gasteiger partial charge in [0.2, 0.25) is 5.88 Å². The van der Waals surface area contributed by atoms with Gasteiger partial charge in [0.1, 0.15) is 5.75 Å². The molecule has 0 fully saturated rings. The smallest absolute Gasteiger partial charge is 0.217 e. The Morgan fingerprint density at radius 3 is 1.94 bits per heavy atom. The molecule has 6 heteroatoms. The van der Waals surface area contributed by atoms with Gasteiger partial charge < -0.3 is 9.84 Å². The van der Waals surface area contributed by atoms with Crippen LogP contribution in [0.3, 0.4) is 0 Å². The number of pyridine rings is 1. The van der Waals surface area contributed by atoms with E-state index in [1.54, 1.807) is 18.3 Å². The van der Waals surface area contributed by atoms with Gasteiger partial charge in [0, 0.05) is 50.2 Å². The molecule has 7 rings (SSSR count). The average molecular weight is 792 g/mol. The number of rotatable bonds is 7. The number of aromatic hydroxyl groups is 1. The number of ether oxygens (including phenoxy) is 1. The second-order valence-corrected chi connectivity index (χ2v) is 11.1. The molecule has 0 amide bonds. The van der Waals surface area contributed by atoms with Crippen molar-refractivity contribution < 1.29 is 30.9 Å². The molecule has 0 bridgehead atoms. The van der Waals surface area contributed by atoms with Crippen molar-refractivity contribution in [3.05, 3.63) is 157 Å². The molecule has 5 nitrogen and oxygen atoms in total. The Balaban J connectivity index is 0.00000386. The Labute approximate surface area is 288 Å². The Morgan fingerprint density at radius 2 is 1.23 bits per heavy atom. The molecule has 232 valence electrons. The number of phenols is 1. The summed E-state index contributed by atoms with van der Waals surface area (Å²) in [7, 11) is 0. The molecule has 0 radical (unpaired) electrons. The maximum atomic E-state index is 10.8. The normalized spacial score (nSPS) is 10.7. The van der Waals surface area contributed by atoms with Gasteiger partial charge in [-0.25, -0.2) is 4.98 Å². The van der Waals surface area contributed by atoms with Crippen LogP contribution in [0.1, 0.15) is 11.1 Å². The van der Waals surface area contributed by atoms with Crippen molar-refractivity contribution in [3.8, 4) is 73.5 Å². The van der Waals surface area contributed by atoms with Crippen molar-refractivity contribution in [2.75, 3.05) is 0 Å². The summed E-state index contributed by atoms with van der Waals surface area (Å²) in [5, 5.41) is 10.8. The maximum Gasteiger partial charge on any atom is 0.217 e. The topological polar surface area (TPSA) is 68.1 Å². The van der Waals surface area contributed by atoms with Crippen LogP contribution < -0.4 is 4.74 Å². The molecular formula is C41H30N3O2Pt-. The van der Waals surface area contributed by atoms with Gasteiger partial charge in [0.15, 0.2) is 0 Å².